The number of pyridine rings is 1. The molecule has 2 aromatic heterocycles. The molecule has 122 valence electrons. The van der Waals surface area contributed by atoms with Gasteiger partial charge in [0.05, 0.1) is 18.1 Å². The fraction of sp³-hybridized carbons (Fsp3) is 0.333. The number of aryl methyl sites for hydroxylation is 1. The number of hydrogen-bond acceptors (Lipinski definition) is 6. The summed E-state index contributed by atoms with van der Waals surface area (Å²) in [4.78, 5) is 35.2. The lowest BCUT2D eigenvalue weighted by atomic mass is 10.2. The number of carbonyl (C=O) groups excluding carboxylic acids is 2. The van der Waals surface area contributed by atoms with Crippen molar-refractivity contribution in [3.05, 3.63) is 45.3 Å². The third-order valence-electron chi connectivity index (χ3n) is 3.20. The molecule has 0 saturated carbocycles. The van der Waals surface area contributed by atoms with E-state index in [9.17, 15) is 19.7 Å². The van der Waals surface area contributed by atoms with E-state index < -0.39 is 22.5 Å². The van der Waals surface area contributed by atoms with Gasteiger partial charge < -0.3 is 13.9 Å². The van der Waals surface area contributed by atoms with E-state index in [4.69, 9.17) is 9.47 Å². The van der Waals surface area contributed by atoms with Crippen molar-refractivity contribution in [1.29, 1.82) is 0 Å². The second-order valence-electron chi connectivity index (χ2n) is 4.73. The molecule has 0 bridgehead atoms. The van der Waals surface area contributed by atoms with Crippen LogP contribution in [0.15, 0.2) is 18.3 Å². The molecule has 0 spiro atoms. The van der Waals surface area contributed by atoms with Crippen LogP contribution in [0.1, 0.15) is 40.3 Å². The van der Waals surface area contributed by atoms with E-state index in [1.165, 1.54) is 16.7 Å². The van der Waals surface area contributed by atoms with E-state index in [-0.39, 0.29) is 30.0 Å². The summed E-state index contributed by atoms with van der Waals surface area (Å²) in [5, 5.41) is 11.5. The van der Waals surface area contributed by atoms with Crippen LogP contribution in [0.3, 0.4) is 0 Å². The third-order valence-corrected chi connectivity index (χ3v) is 3.20. The van der Waals surface area contributed by atoms with Crippen LogP contribution in [-0.4, -0.2) is 34.5 Å². The predicted molar refractivity (Wildman–Crippen MR) is 80.7 cm³/mol. The maximum atomic E-state index is 12.2. The Balaban J connectivity index is 2.88. The fourth-order valence-electron chi connectivity index (χ4n) is 2.33. The van der Waals surface area contributed by atoms with Crippen LogP contribution >= 0.6 is 0 Å². The van der Waals surface area contributed by atoms with Crippen molar-refractivity contribution in [3.63, 3.8) is 0 Å². The molecule has 0 aliphatic carbocycles. The normalized spacial score (nSPS) is 10.6. The molecule has 0 aliphatic rings. The Morgan fingerprint density at radius 3 is 2.39 bits per heavy atom. The molecule has 0 aromatic carbocycles. The van der Waals surface area contributed by atoms with E-state index in [0.29, 0.717) is 0 Å². The van der Waals surface area contributed by atoms with Gasteiger partial charge in [0, 0.05) is 6.20 Å². The average molecular weight is 320 g/mol. The van der Waals surface area contributed by atoms with Crippen molar-refractivity contribution in [2.45, 2.75) is 20.8 Å². The molecule has 0 atom stereocenters. The monoisotopic (exact) mass is 320 g/mol. The van der Waals surface area contributed by atoms with Gasteiger partial charge in [-0.3, -0.25) is 10.1 Å². The Labute approximate surface area is 131 Å². The number of carbonyl (C=O) groups is 2. The van der Waals surface area contributed by atoms with Crippen molar-refractivity contribution in [2.75, 3.05) is 13.2 Å². The maximum absolute atomic E-state index is 12.2. The molecule has 0 saturated heterocycles. The van der Waals surface area contributed by atoms with Gasteiger partial charge in [0.1, 0.15) is 5.52 Å². The SMILES string of the molecule is CCOC(=O)c1c([N+](=O)[O-])c2cc(C)ccn2c1C(=O)OCC. The van der Waals surface area contributed by atoms with Gasteiger partial charge in [0.25, 0.3) is 0 Å². The molecule has 8 heteroatoms. The molecule has 2 rings (SSSR count). The minimum absolute atomic E-state index is 0.0312. The summed E-state index contributed by atoms with van der Waals surface area (Å²) in [5.74, 6) is -1.74. The molecule has 0 amide bonds. The first-order chi connectivity index (χ1) is 10.9. The predicted octanol–water partition coefficient (Wildman–Crippen LogP) is 2.51. The summed E-state index contributed by atoms with van der Waals surface area (Å²) in [6, 6.07) is 3.21. The highest BCUT2D eigenvalue weighted by Crippen LogP contribution is 2.32. The topological polar surface area (TPSA) is 100 Å². The van der Waals surface area contributed by atoms with Crippen LogP contribution in [0.2, 0.25) is 0 Å². The average Bonchev–Trinajstić information content (AvgIpc) is 2.82. The summed E-state index contributed by atoms with van der Waals surface area (Å²) in [7, 11) is 0. The summed E-state index contributed by atoms with van der Waals surface area (Å²) in [6.45, 7) is 5.05. The van der Waals surface area contributed by atoms with Crippen molar-refractivity contribution < 1.29 is 24.0 Å². The molecule has 0 unspecified atom stereocenters. The number of aromatic nitrogens is 1. The van der Waals surface area contributed by atoms with Crippen molar-refractivity contribution >= 4 is 23.1 Å². The highest BCUT2D eigenvalue weighted by molar-refractivity contribution is 6.09. The van der Waals surface area contributed by atoms with E-state index in [0.717, 1.165) is 5.56 Å². The molecular weight excluding hydrogens is 304 g/mol. The van der Waals surface area contributed by atoms with Crippen LogP contribution in [0.25, 0.3) is 5.52 Å². The van der Waals surface area contributed by atoms with Gasteiger partial charge in [-0.05, 0) is 38.5 Å². The van der Waals surface area contributed by atoms with E-state index in [2.05, 4.69) is 0 Å². The molecular formula is C15H16N2O6. The highest BCUT2D eigenvalue weighted by atomic mass is 16.6. The van der Waals surface area contributed by atoms with Gasteiger partial charge in [-0.2, -0.15) is 0 Å². The first kappa shape index (κ1) is 16.5. The Kier molecular flexibility index (Phi) is 4.63. The molecule has 0 radical (unpaired) electrons. The number of fused-ring (bicyclic) bond motifs is 1. The molecule has 2 aromatic rings. The second kappa shape index (κ2) is 6.47. The zero-order chi connectivity index (χ0) is 17.1. The summed E-state index contributed by atoms with van der Waals surface area (Å²) >= 11 is 0. The molecule has 0 fully saturated rings. The van der Waals surface area contributed by atoms with Gasteiger partial charge in [-0.1, -0.05) is 0 Å². The minimum Gasteiger partial charge on any atom is -0.462 e. The lowest BCUT2D eigenvalue weighted by Gasteiger charge is -2.05. The van der Waals surface area contributed by atoms with Gasteiger partial charge in [0.15, 0.2) is 11.3 Å². The number of ether oxygens (including phenoxy) is 2. The van der Waals surface area contributed by atoms with Crippen molar-refractivity contribution in [2.24, 2.45) is 0 Å². The van der Waals surface area contributed by atoms with Crippen LogP contribution < -0.4 is 0 Å². The smallest absolute Gasteiger partial charge is 0.356 e. The number of rotatable bonds is 5. The maximum Gasteiger partial charge on any atom is 0.356 e. The van der Waals surface area contributed by atoms with E-state index >= 15 is 0 Å². The Bertz CT molecular complexity index is 793. The van der Waals surface area contributed by atoms with Crippen LogP contribution in [0.5, 0.6) is 0 Å². The first-order valence-corrected chi connectivity index (χ1v) is 7.05. The Morgan fingerprint density at radius 1 is 1.22 bits per heavy atom. The molecule has 2 heterocycles. The minimum atomic E-state index is -0.927. The number of hydrogen-bond donors (Lipinski definition) is 0. The van der Waals surface area contributed by atoms with Gasteiger partial charge in [-0.25, -0.2) is 9.59 Å². The Hall–Kier alpha value is -2.90. The van der Waals surface area contributed by atoms with Crippen LogP contribution in [0, 0.1) is 17.0 Å². The highest BCUT2D eigenvalue weighted by Gasteiger charge is 2.36. The summed E-state index contributed by atoms with van der Waals surface area (Å²) < 4.78 is 11.1. The Morgan fingerprint density at radius 2 is 1.83 bits per heavy atom. The lowest BCUT2D eigenvalue weighted by molar-refractivity contribution is -0.383. The summed E-state index contributed by atoms with van der Waals surface area (Å²) in [6.07, 6.45) is 1.49. The van der Waals surface area contributed by atoms with Crippen molar-refractivity contribution in [3.8, 4) is 0 Å². The molecule has 8 nitrogen and oxygen atoms in total. The van der Waals surface area contributed by atoms with Crippen molar-refractivity contribution in [1.82, 2.24) is 4.40 Å². The summed E-state index contributed by atoms with van der Waals surface area (Å²) in [5.41, 5.74) is -0.159. The van der Waals surface area contributed by atoms with Crippen LogP contribution in [-0.2, 0) is 9.47 Å². The second-order valence-corrected chi connectivity index (χ2v) is 4.73. The third kappa shape index (κ3) is 2.87. The first-order valence-electron chi connectivity index (χ1n) is 7.05. The number of esters is 2. The largest absolute Gasteiger partial charge is 0.462 e. The standard InChI is InChI=1S/C15H16N2O6/c1-4-22-14(18)11-12(17(20)21)10-8-9(3)6-7-16(10)13(11)15(19)23-5-2/h6-8H,4-5H2,1-3H3. The van der Waals surface area contributed by atoms with Gasteiger partial charge in [-0.15, -0.1) is 0 Å². The fourth-order valence-corrected chi connectivity index (χ4v) is 2.33. The quantitative estimate of drug-likeness (QED) is 0.476. The van der Waals surface area contributed by atoms with Crippen LogP contribution in [0.4, 0.5) is 5.69 Å². The lowest BCUT2D eigenvalue weighted by Crippen LogP contribution is -2.15. The number of nitro groups is 1. The molecule has 0 aliphatic heterocycles. The van der Waals surface area contributed by atoms with E-state index in [1.54, 1.807) is 26.8 Å². The molecule has 0 N–H and O–H groups in total. The van der Waals surface area contributed by atoms with Gasteiger partial charge in [0.2, 0.25) is 0 Å². The molecule has 23 heavy (non-hydrogen) atoms. The van der Waals surface area contributed by atoms with E-state index in [1.807, 2.05) is 0 Å². The number of nitrogens with zero attached hydrogens (tertiary/aromatic N) is 2. The zero-order valence-corrected chi connectivity index (χ0v) is 13.0. The zero-order valence-electron chi connectivity index (χ0n) is 13.0. The van der Waals surface area contributed by atoms with Gasteiger partial charge >= 0.3 is 17.6 Å².